The fourth-order valence-electron chi connectivity index (χ4n) is 3.71. The minimum atomic E-state index is -0.353. The average molecular weight is 414 g/mol. The largest absolute Gasteiger partial charge is 0.493 e. The number of hydrogen-bond donors (Lipinski definition) is 0. The molecule has 1 atom stereocenters. The van der Waals surface area contributed by atoms with Crippen molar-refractivity contribution < 1.29 is 23.5 Å². The molecule has 0 radical (unpaired) electrons. The summed E-state index contributed by atoms with van der Waals surface area (Å²) in [5.74, 6) is 0.574. The van der Waals surface area contributed by atoms with Crippen LogP contribution in [0.2, 0.25) is 0 Å². The third-order valence-corrected chi connectivity index (χ3v) is 5.39. The molecule has 160 valence electrons. The summed E-state index contributed by atoms with van der Waals surface area (Å²) in [6.07, 6.45) is 0.886. The third kappa shape index (κ3) is 5.09. The molecule has 1 fully saturated rings. The first-order valence-corrected chi connectivity index (χ1v) is 9.89. The maximum absolute atomic E-state index is 13.1. The number of likely N-dealkylation sites (tertiary alicyclic amines) is 1. The number of ether oxygens (including phenoxy) is 2. The summed E-state index contributed by atoms with van der Waals surface area (Å²) in [5.41, 5.74) is 1.88. The first-order valence-electron chi connectivity index (χ1n) is 9.89. The van der Waals surface area contributed by atoms with E-state index < -0.39 is 0 Å². The second-order valence-corrected chi connectivity index (χ2v) is 7.50. The lowest BCUT2D eigenvalue weighted by Crippen LogP contribution is -2.34. The van der Waals surface area contributed by atoms with Gasteiger partial charge in [0.1, 0.15) is 5.82 Å². The van der Waals surface area contributed by atoms with Crippen LogP contribution in [0.15, 0.2) is 42.5 Å². The van der Waals surface area contributed by atoms with Crippen molar-refractivity contribution in [1.29, 1.82) is 0 Å². The third-order valence-electron chi connectivity index (χ3n) is 5.39. The van der Waals surface area contributed by atoms with E-state index in [9.17, 15) is 14.0 Å². The second kappa shape index (κ2) is 9.61. The van der Waals surface area contributed by atoms with E-state index in [0.717, 1.165) is 11.1 Å². The van der Waals surface area contributed by atoms with Crippen molar-refractivity contribution in [3.8, 4) is 11.5 Å². The Morgan fingerprint density at radius 2 is 1.77 bits per heavy atom. The van der Waals surface area contributed by atoms with Crippen molar-refractivity contribution in [1.82, 2.24) is 9.80 Å². The van der Waals surface area contributed by atoms with Crippen LogP contribution in [0, 0.1) is 11.7 Å². The summed E-state index contributed by atoms with van der Waals surface area (Å²) < 4.78 is 23.6. The van der Waals surface area contributed by atoms with Gasteiger partial charge in [-0.2, -0.15) is 0 Å². The molecule has 1 heterocycles. The van der Waals surface area contributed by atoms with Gasteiger partial charge < -0.3 is 19.3 Å². The number of carbonyl (C=O) groups excluding carboxylic acids is 2. The molecule has 6 nitrogen and oxygen atoms in total. The molecule has 0 aromatic heterocycles. The van der Waals surface area contributed by atoms with Gasteiger partial charge in [-0.25, -0.2) is 4.39 Å². The molecule has 2 amide bonds. The van der Waals surface area contributed by atoms with E-state index in [1.165, 1.54) is 12.1 Å². The Balaban J connectivity index is 1.55. The number of benzene rings is 2. The number of methoxy groups -OCH3 is 2. The maximum Gasteiger partial charge on any atom is 0.228 e. The van der Waals surface area contributed by atoms with Gasteiger partial charge in [0.15, 0.2) is 11.5 Å². The highest BCUT2D eigenvalue weighted by Crippen LogP contribution is 2.28. The molecule has 0 N–H and O–H groups in total. The smallest absolute Gasteiger partial charge is 0.228 e. The molecule has 3 rings (SSSR count). The molecular weight excluding hydrogens is 387 g/mol. The molecule has 0 spiro atoms. The molecule has 7 heteroatoms. The minimum absolute atomic E-state index is 0.0102. The van der Waals surface area contributed by atoms with Crippen molar-refractivity contribution >= 4 is 11.8 Å². The Kier molecular flexibility index (Phi) is 6.92. The highest BCUT2D eigenvalue weighted by atomic mass is 19.1. The summed E-state index contributed by atoms with van der Waals surface area (Å²) in [4.78, 5) is 28.5. The van der Waals surface area contributed by atoms with E-state index in [1.54, 1.807) is 43.2 Å². The first-order chi connectivity index (χ1) is 14.4. The topological polar surface area (TPSA) is 59.1 Å². The lowest BCUT2D eigenvalue weighted by atomic mass is 10.1. The lowest BCUT2D eigenvalue weighted by Gasteiger charge is -2.21. The summed E-state index contributed by atoms with van der Waals surface area (Å²) >= 11 is 0. The van der Waals surface area contributed by atoms with Crippen LogP contribution >= 0.6 is 0 Å². The summed E-state index contributed by atoms with van der Waals surface area (Å²) in [6, 6.07) is 11.8. The highest BCUT2D eigenvalue weighted by molar-refractivity contribution is 5.89. The highest BCUT2D eigenvalue weighted by Gasteiger charge is 2.35. The van der Waals surface area contributed by atoms with Crippen LogP contribution in [0.3, 0.4) is 0 Å². The van der Waals surface area contributed by atoms with Crippen LogP contribution in [0.1, 0.15) is 17.5 Å². The van der Waals surface area contributed by atoms with Gasteiger partial charge >= 0.3 is 0 Å². The summed E-state index contributed by atoms with van der Waals surface area (Å²) in [7, 11) is 4.89. The molecule has 30 heavy (non-hydrogen) atoms. The average Bonchev–Trinajstić information content (AvgIpc) is 3.13. The number of hydrogen-bond acceptors (Lipinski definition) is 4. The fourth-order valence-corrected chi connectivity index (χ4v) is 3.71. The van der Waals surface area contributed by atoms with Crippen molar-refractivity contribution in [3.05, 3.63) is 59.4 Å². The van der Waals surface area contributed by atoms with E-state index in [4.69, 9.17) is 9.47 Å². The zero-order valence-corrected chi connectivity index (χ0v) is 17.6. The van der Waals surface area contributed by atoms with Crippen molar-refractivity contribution in [2.75, 3.05) is 34.4 Å². The van der Waals surface area contributed by atoms with Crippen LogP contribution in [0.4, 0.5) is 4.39 Å². The van der Waals surface area contributed by atoms with Gasteiger partial charge in [0.2, 0.25) is 11.8 Å². The number of amides is 2. The van der Waals surface area contributed by atoms with Crippen LogP contribution in [-0.2, 0) is 22.6 Å². The molecule has 0 saturated carbocycles. The second-order valence-electron chi connectivity index (χ2n) is 7.50. The van der Waals surface area contributed by atoms with Crippen LogP contribution in [0.25, 0.3) is 0 Å². The maximum atomic E-state index is 13.1. The van der Waals surface area contributed by atoms with E-state index in [-0.39, 0.29) is 30.0 Å². The van der Waals surface area contributed by atoms with E-state index >= 15 is 0 Å². The van der Waals surface area contributed by atoms with Crippen LogP contribution in [0.5, 0.6) is 11.5 Å². The Bertz CT molecular complexity index is 901. The van der Waals surface area contributed by atoms with Gasteiger partial charge in [0.25, 0.3) is 0 Å². The number of rotatable bonds is 8. The van der Waals surface area contributed by atoms with Gasteiger partial charge in [0.05, 0.1) is 20.1 Å². The molecule has 1 unspecified atom stereocenters. The van der Waals surface area contributed by atoms with Crippen molar-refractivity contribution in [2.24, 2.45) is 5.92 Å². The molecule has 2 aromatic rings. The van der Waals surface area contributed by atoms with E-state index in [1.807, 2.05) is 18.2 Å². The Hall–Kier alpha value is -3.09. The van der Waals surface area contributed by atoms with Crippen LogP contribution in [-0.4, -0.2) is 56.0 Å². The standard InChI is InChI=1S/C23H27FN2O4/c1-25(14-17-4-7-19(24)8-5-17)23(28)18-13-22(27)26(15-18)11-10-16-6-9-20(29-2)21(12-16)30-3/h4-9,12,18H,10-11,13-15H2,1-3H3. The van der Waals surface area contributed by atoms with Gasteiger partial charge in [-0.3, -0.25) is 9.59 Å². The molecule has 1 aliphatic heterocycles. The summed E-state index contributed by atoms with van der Waals surface area (Å²) in [5, 5.41) is 0. The first kappa shape index (κ1) is 21.6. The van der Waals surface area contributed by atoms with E-state index in [0.29, 0.717) is 37.6 Å². The Labute approximate surface area is 176 Å². The van der Waals surface area contributed by atoms with Gasteiger partial charge in [-0.15, -0.1) is 0 Å². The van der Waals surface area contributed by atoms with Crippen molar-refractivity contribution in [3.63, 3.8) is 0 Å². The summed E-state index contributed by atoms with van der Waals surface area (Å²) in [6.45, 7) is 1.34. The predicted octanol–water partition coefficient (Wildman–Crippen LogP) is 2.89. The predicted molar refractivity (Wildman–Crippen MR) is 111 cm³/mol. The fraction of sp³-hybridized carbons (Fsp3) is 0.391. The lowest BCUT2D eigenvalue weighted by molar-refractivity contribution is -0.135. The van der Waals surface area contributed by atoms with Gasteiger partial charge in [-0.05, 0) is 41.8 Å². The van der Waals surface area contributed by atoms with Crippen molar-refractivity contribution in [2.45, 2.75) is 19.4 Å². The number of carbonyl (C=O) groups is 2. The van der Waals surface area contributed by atoms with Gasteiger partial charge in [0, 0.05) is 33.1 Å². The minimum Gasteiger partial charge on any atom is -0.493 e. The zero-order valence-electron chi connectivity index (χ0n) is 17.6. The molecule has 1 saturated heterocycles. The molecule has 2 aromatic carbocycles. The van der Waals surface area contributed by atoms with Crippen LogP contribution < -0.4 is 9.47 Å². The Morgan fingerprint density at radius 1 is 1.10 bits per heavy atom. The normalized spacial score (nSPS) is 15.9. The quantitative estimate of drug-likeness (QED) is 0.667. The zero-order chi connectivity index (χ0) is 21.7. The van der Waals surface area contributed by atoms with E-state index in [2.05, 4.69) is 0 Å². The SMILES string of the molecule is COc1ccc(CCN2CC(C(=O)N(C)Cc3ccc(F)cc3)CC2=O)cc1OC. The monoisotopic (exact) mass is 414 g/mol. The van der Waals surface area contributed by atoms with Gasteiger partial charge in [-0.1, -0.05) is 18.2 Å². The number of halogens is 1. The molecule has 0 bridgehead atoms. The molecule has 1 aliphatic rings. The number of nitrogens with zero attached hydrogens (tertiary/aromatic N) is 2. The molecular formula is C23H27FN2O4. The Morgan fingerprint density at radius 3 is 2.43 bits per heavy atom. The molecule has 0 aliphatic carbocycles.